The van der Waals surface area contributed by atoms with Crippen molar-refractivity contribution in [1.29, 1.82) is 0 Å². The third kappa shape index (κ3) is 2.75. The number of nitrogens with one attached hydrogen (secondary N) is 1. The Balaban J connectivity index is 1.77. The van der Waals surface area contributed by atoms with Gasteiger partial charge in [-0.25, -0.2) is 0 Å². The molecule has 4 nitrogen and oxygen atoms in total. The third-order valence-electron chi connectivity index (χ3n) is 3.96. The number of hydrogen-bond acceptors (Lipinski definition) is 4. The summed E-state index contributed by atoms with van der Waals surface area (Å²) >= 11 is 0. The van der Waals surface area contributed by atoms with Crippen molar-refractivity contribution in [3.05, 3.63) is 65.7 Å². The van der Waals surface area contributed by atoms with E-state index in [9.17, 15) is 4.79 Å². The molecule has 1 aliphatic heterocycles. The zero-order valence-corrected chi connectivity index (χ0v) is 12.7. The third-order valence-corrected chi connectivity index (χ3v) is 3.96. The SMILES string of the molecule is CC1(C)C(=O)Oc2ccccc2C1NOCc1ccccc1. The van der Waals surface area contributed by atoms with Crippen molar-refractivity contribution in [3.63, 3.8) is 0 Å². The summed E-state index contributed by atoms with van der Waals surface area (Å²) in [5.41, 5.74) is 4.34. The number of ether oxygens (including phenoxy) is 1. The highest BCUT2D eigenvalue weighted by molar-refractivity contribution is 5.82. The molecule has 22 heavy (non-hydrogen) atoms. The number of hydroxylamine groups is 1. The van der Waals surface area contributed by atoms with E-state index in [1.54, 1.807) is 6.07 Å². The topological polar surface area (TPSA) is 47.6 Å². The number of carbonyl (C=O) groups excluding carboxylic acids is 1. The summed E-state index contributed by atoms with van der Waals surface area (Å²) in [4.78, 5) is 17.8. The highest BCUT2D eigenvalue weighted by Gasteiger charge is 2.45. The standard InChI is InChI=1S/C18H19NO3/c1-18(2)16(19-21-12-13-8-4-3-5-9-13)14-10-6-7-11-15(14)22-17(18)20/h3-11,16,19H,12H2,1-2H3. The molecule has 0 saturated heterocycles. The maximum Gasteiger partial charge on any atom is 0.318 e. The van der Waals surface area contributed by atoms with Crippen molar-refractivity contribution in [1.82, 2.24) is 5.48 Å². The van der Waals surface area contributed by atoms with Crippen LogP contribution in [0.25, 0.3) is 0 Å². The van der Waals surface area contributed by atoms with Gasteiger partial charge in [0.25, 0.3) is 0 Å². The molecule has 0 aromatic heterocycles. The van der Waals surface area contributed by atoms with Gasteiger partial charge in [0.2, 0.25) is 0 Å². The summed E-state index contributed by atoms with van der Waals surface area (Å²) in [6.07, 6.45) is 0. The maximum absolute atomic E-state index is 12.2. The number of fused-ring (bicyclic) bond motifs is 1. The predicted octanol–water partition coefficient (Wildman–Crippen LogP) is 3.39. The zero-order valence-electron chi connectivity index (χ0n) is 12.7. The molecule has 0 spiro atoms. The van der Waals surface area contributed by atoms with Crippen LogP contribution in [0.2, 0.25) is 0 Å². The van der Waals surface area contributed by atoms with Crippen LogP contribution in [0, 0.1) is 5.41 Å². The normalized spacial score (nSPS) is 19.4. The van der Waals surface area contributed by atoms with E-state index in [-0.39, 0.29) is 12.0 Å². The Kier molecular flexibility index (Phi) is 3.96. The molecule has 1 heterocycles. The van der Waals surface area contributed by atoms with Gasteiger partial charge in [-0.05, 0) is 25.5 Å². The number of carbonyl (C=O) groups is 1. The van der Waals surface area contributed by atoms with E-state index in [1.807, 2.05) is 62.4 Å². The van der Waals surface area contributed by atoms with Crippen LogP contribution in [-0.4, -0.2) is 5.97 Å². The van der Waals surface area contributed by atoms with Gasteiger partial charge in [-0.15, -0.1) is 0 Å². The molecule has 2 aromatic carbocycles. The van der Waals surface area contributed by atoms with E-state index in [4.69, 9.17) is 9.57 Å². The molecule has 1 atom stereocenters. The van der Waals surface area contributed by atoms with Crippen molar-refractivity contribution >= 4 is 5.97 Å². The minimum Gasteiger partial charge on any atom is -0.426 e. The van der Waals surface area contributed by atoms with Gasteiger partial charge in [0.1, 0.15) is 5.75 Å². The summed E-state index contributed by atoms with van der Waals surface area (Å²) in [5.74, 6) is 0.333. The molecule has 0 aliphatic carbocycles. The molecular weight excluding hydrogens is 278 g/mol. The molecule has 1 N–H and O–H groups in total. The smallest absolute Gasteiger partial charge is 0.318 e. The Morgan fingerprint density at radius 3 is 2.55 bits per heavy atom. The first kappa shape index (κ1) is 14.8. The molecule has 1 aliphatic rings. The fraction of sp³-hybridized carbons (Fsp3) is 0.278. The van der Waals surface area contributed by atoms with Crippen LogP contribution >= 0.6 is 0 Å². The van der Waals surface area contributed by atoms with Crippen molar-refractivity contribution in [2.45, 2.75) is 26.5 Å². The monoisotopic (exact) mass is 297 g/mol. The van der Waals surface area contributed by atoms with Crippen molar-refractivity contribution in [3.8, 4) is 5.75 Å². The molecule has 4 heteroatoms. The van der Waals surface area contributed by atoms with E-state index in [1.165, 1.54) is 0 Å². The second-order valence-electron chi connectivity index (χ2n) is 5.97. The quantitative estimate of drug-likeness (QED) is 0.534. The first-order chi connectivity index (χ1) is 10.6. The molecule has 3 rings (SSSR count). The number of esters is 1. The summed E-state index contributed by atoms with van der Waals surface area (Å²) < 4.78 is 5.41. The van der Waals surface area contributed by atoms with Gasteiger partial charge in [-0.3, -0.25) is 9.63 Å². The van der Waals surface area contributed by atoms with Gasteiger partial charge >= 0.3 is 5.97 Å². The maximum atomic E-state index is 12.2. The van der Waals surface area contributed by atoms with Crippen molar-refractivity contribution in [2.24, 2.45) is 5.41 Å². The summed E-state index contributed by atoms with van der Waals surface area (Å²) in [6.45, 7) is 4.15. The largest absolute Gasteiger partial charge is 0.426 e. The Labute approximate surface area is 130 Å². The first-order valence-electron chi connectivity index (χ1n) is 7.31. The minimum absolute atomic E-state index is 0.256. The highest BCUT2D eigenvalue weighted by Crippen LogP contribution is 2.43. The number of para-hydroxylation sites is 1. The van der Waals surface area contributed by atoms with E-state index < -0.39 is 5.41 Å². The van der Waals surface area contributed by atoms with Gasteiger partial charge < -0.3 is 4.74 Å². The van der Waals surface area contributed by atoms with Crippen LogP contribution in [0.3, 0.4) is 0 Å². The van der Waals surface area contributed by atoms with E-state index in [0.717, 1.165) is 11.1 Å². The van der Waals surface area contributed by atoms with E-state index in [2.05, 4.69) is 5.48 Å². The molecular formula is C18H19NO3. The van der Waals surface area contributed by atoms with Crippen molar-refractivity contribution < 1.29 is 14.4 Å². The van der Waals surface area contributed by atoms with Crippen LogP contribution < -0.4 is 10.2 Å². The lowest BCUT2D eigenvalue weighted by Crippen LogP contribution is -2.45. The van der Waals surface area contributed by atoms with Crippen LogP contribution in [0.4, 0.5) is 0 Å². The predicted molar refractivity (Wildman–Crippen MR) is 83.0 cm³/mol. The zero-order chi connectivity index (χ0) is 15.6. The summed E-state index contributed by atoms with van der Waals surface area (Å²) in [7, 11) is 0. The fourth-order valence-corrected chi connectivity index (χ4v) is 2.54. The van der Waals surface area contributed by atoms with Gasteiger partial charge in [0.05, 0.1) is 18.1 Å². The molecule has 0 bridgehead atoms. The molecule has 0 saturated carbocycles. The Bertz CT molecular complexity index is 667. The molecule has 0 amide bonds. The Morgan fingerprint density at radius 1 is 1.09 bits per heavy atom. The fourth-order valence-electron chi connectivity index (χ4n) is 2.54. The highest BCUT2D eigenvalue weighted by atomic mass is 16.6. The molecule has 114 valence electrons. The molecule has 2 aromatic rings. The van der Waals surface area contributed by atoms with Crippen molar-refractivity contribution in [2.75, 3.05) is 0 Å². The second-order valence-corrected chi connectivity index (χ2v) is 5.97. The number of rotatable bonds is 4. The number of benzene rings is 2. The van der Waals surface area contributed by atoms with Gasteiger partial charge in [-0.2, -0.15) is 5.48 Å². The van der Waals surface area contributed by atoms with E-state index in [0.29, 0.717) is 12.4 Å². The Hall–Kier alpha value is -2.17. The second kappa shape index (κ2) is 5.91. The van der Waals surface area contributed by atoms with Crippen LogP contribution in [-0.2, 0) is 16.2 Å². The lowest BCUT2D eigenvalue weighted by atomic mass is 9.79. The molecule has 0 radical (unpaired) electrons. The van der Waals surface area contributed by atoms with Gasteiger partial charge in [-0.1, -0.05) is 48.5 Å². The summed E-state index contributed by atoms with van der Waals surface area (Å²) in [5, 5.41) is 0. The average Bonchev–Trinajstić information content (AvgIpc) is 2.52. The van der Waals surface area contributed by atoms with Crippen LogP contribution in [0.5, 0.6) is 5.75 Å². The summed E-state index contributed by atoms with van der Waals surface area (Å²) in [6, 6.07) is 17.2. The van der Waals surface area contributed by atoms with Crippen LogP contribution in [0.15, 0.2) is 54.6 Å². The molecule has 1 unspecified atom stereocenters. The lowest BCUT2D eigenvalue weighted by molar-refractivity contribution is -0.152. The minimum atomic E-state index is -0.703. The average molecular weight is 297 g/mol. The van der Waals surface area contributed by atoms with Gasteiger partial charge in [0, 0.05) is 5.56 Å². The van der Waals surface area contributed by atoms with E-state index >= 15 is 0 Å². The first-order valence-corrected chi connectivity index (χ1v) is 7.31. The van der Waals surface area contributed by atoms with Gasteiger partial charge in [0.15, 0.2) is 0 Å². The lowest BCUT2D eigenvalue weighted by Gasteiger charge is -2.37. The number of hydrogen-bond donors (Lipinski definition) is 1. The molecule has 0 fully saturated rings. The van der Waals surface area contributed by atoms with Crippen LogP contribution in [0.1, 0.15) is 31.0 Å². The Morgan fingerprint density at radius 2 is 1.77 bits per heavy atom.